The van der Waals surface area contributed by atoms with Gasteiger partial charge < -0.3 is 0 Å². The van der Waals surface area contributed by atoms with Crippen molar-refractivity contribution >= 4 is 32.3 Å². The van der Waals surface area contributed by atoms with Crippen LogP contribution in [0.25, 0.3) is 111 Å². The maximum Gasteiger partial charge on any atom is 0.164 e. The van der Waals surface area contributed by atoms with Crippen LogP contribution in [0.2, 0.25) is 0 Å². The highest BCUT2D eigenvalue weighted by Gasteiger charge is 2.38. The van der Waals surface area contributed by atoms with Gasteiger partial charge in [-0.15, -0.1) is 0 Å². The Morgan fingerprint density at radius 2 is 0.841 bits per heavy atom. The number of hydrogen-bond acceptors (Lipinski definition) is 3. The van der Waals surface area contributed by atoms with Crippen LogP contribution in [0.1, 0.15) is 25.0 Å². The Kier molecular flexibility index (Phi) is 8.52. The number of fused-ring (bicyclic) bond motifs is 7. The molecule has 0 bridgehead atoms. The van der Waals surface area contributed by atoms with Crippen molar-refractivity contribution in [1.29, 1.82) is 0 Å². The van der Waals surface area contributed by atoms with Crippen LogP contribution in [0.4, 0.5) is 0 Å². The van der Waals surface area contributed by atoms with E-state index < -0.39 is 0 Å². The van der Waals surface area contributed by atoms with E-state index in [0.29, 0.717) is 17.5 Å². The van der Waals surface area contributed by atoms with Crippen LogP contribution in [-0.4, -0.2) is 15.0 Å². The topological polar surface area (TPSA) is 38.7 Å². The van der Waals surface area contributed by atoms with Crippen molar-refractivity contribution in [2.24, 2.45) is 0 Å². The summed E-state index contributed by atoms with van der Waals surface area (Å²) in [5.74, 6) is 1.94. The fraction of sp³-hybridized carbons (Fsp3) is 0.0500. The zero-order valence-electron chi connectivity index (χ0n) is 35.0. The Labute approximate surface area is 367 Å². The minimum atomic E-state index is -0.245. The molecule has 0 amide bonds. The standard InChI is InChI=1S/C60H41N3/c1-60(2)54-32-13-12-28-48(54)50-30-16-31-52(56(50)60)59-62-57(61-58(63-59)51-29-11-10-25-45(51)38-17-4-3-5-18-38)44-24-15-22-41(36-44)40-21-14-23-43(35-40)55-47-27-9-7-20-42(47)37-53-46-26-8-6-19-39(46)33-34-49(53)55/h3-37H,1-2H3. The Hall–Kier alpha value is -8.01. The smallest absolute Gasteiger partial charge is 0.164 e. The predicted molar refractivity (Wildman–Crippen MR) is 263 cm³/mol. The van der Waals surface area contributed by atoms with E-state index >= 15 is 0 Å². The molecule has 12 rings (SSSR count). The second-order valence-electron chi connectivity index (χ2n) is 17.1. The molecule has 0 saturated heterocycles. The molecule has 0 aliphatic heterocycles. The first-order valence-electron chi connectivity index (χ1n) is 21.7. The van der Waals surface area contributed by atoms with Crippen molar-refractivity contribution in [3.63, 3.8) is 0 Å². The molecule has 296 valence electrons. The molecule has 1 aliphatic rings. The van der Waals surface area contributed by atoms with Gasteiger partial charge >= 0.3 is 0 Å². The van der Waals surface area contributed by atoms with E-state index in [-0.39, 0.29) is 5.41 Å². The SMILES string of the molecule is CC1(C)c2ccccc2-c2cccc(-c3nc(-c4cccc(-c5cccc(-c6c7ccccc7cc7c6ccc6ccccc67)c5)c4)nc(-c4ccccc4-c4ccccc4)n3)c21. The zero-order chi connectivity index (χ0) is 42.1. The van der Waals surface area contributed by atoms with E-state index in [0.717, 1.165) is 38.9 Å². The molecule has 1 aromatic heterocycles. The summed E-state index contributed by atoms with van der Waals surface area (Å²) < 4.78 is 0. The minimum Gasteiger partial charge on any atom is -0.208 e. The summed E-state index contributed by atoms with van der Waals surface area (Å²) in [5.41, 5.74) is 14.6. The average molecular weight is 804 g/mol. The minimum absolute atomic E-state index is 0.245. The second kappa shape index (κ2) is 14.6. The summed E-state index contributed by atoms with van der Waals surface area (Å²) in [7, 11) is 0. The zero-order valence-corrected chi connectivity index (χ0v) is 35.0. The van der Waals surface area contributed by atoms with Crippen molar-refractivity contribution < 1.29 is 0 Å². The van der Waals surface area contributed by atoms with E-state index in [1.165, 1.54) is 65.7 Å². The molecule has 11 aromatic rings. The van der Waals surface area contributed by atoms with Crippen molar-refractivity contribution in [3.8, 4) is 78.7 Å². The molecule has 3 nitrogen and oxygen atoms in total. The van der Waals surface area contributed by atoms with E-state index in [9.17, 15) is 0 Å². The van der Waals surface area contributed by atoms with Gasteiger partial charge in [0.15, 0.2) is 17.5 Å². The lowest BCUT2D eigenvalue weighted by Gasteiger charge is -2.24. The van der Waals surface area contributed by atoms with Crippen LogP contribution in [0, 0.1) is 0 Å². The first-order valence-corrected chi connectivity index (χ1v) is 21.7. The van der Waals surface area contributed by atoms with Gasteiger partial charge in [0.1, 0.15) is 0 Å². The van der Waals surface area contributed by atoms with E-state index in [1.54, 1.807) is 0 Å². The molecule has 1 heterocycles. The van der Waals surface area contributed by atoms with Crippen LogP contribution in [0.5, 0.6) is 0 Å². The monoisotopic (exact) mass is 803 g/mol. The second-order valence-corrected chi connectivity index (χ2v) is 17.1. The molecule has 3 heteroatoms. The first kappa shape index (κ1) is 36.8. The number of rotatable bonds is 6. The van der Waals surface area contributed by atoms with Gasteiger partial charge in [0, 0.05) is 22.1 Å². The quantitative estimate of drug-likeness (QED) is 0.124. The van der Waals surface area contributed by atoms with Crippen molar-refractivity contribution in [3.05, 3.63) is 223 Å². The molecular formula is C60H41N3. The summed E-state index contributed by atoms with van der Waals surface area (Å²) in [6.45, 7) is 4.63. The van der Waals surface area contributed by atoms with Crippen LogP contribution >= 0.6 is 0 Å². The van der Waals surface area contributed by atoms with Gasteiger partial charge in [0.05, 0.1) is 0 Å². The fourth-order valence-electron chi connectivity index (χ4n) is 10.2. The van der Waals surface area contributed by atoms with Gasteiger partial charge in [0.25, 0.3) is 0 Å². The van der Waals surface area contributed by atoms with E-state index in [4.69, 9.17) is 15.0 Å². The van der Waals surface area contributed by atoms with Gasteiger partial charge in [0.2, 0.25) is 0 Å². The Morgan fingerprint density at radius 1 is 0.302 bits per heavy atom. The number of hydrogen-bond donors (Lipinski definition) is 0. The van der Waals surface area contributed by atoms with Crippen molar-refractivity contribution in [2.75, 3.05) is 0 Å². The molecule has 0 radical (unpaired) electrons. The van der Waals surface area contributed by atoms with E-state index in [2.05, 4.69) is 226 Å². The maximum atomic E-state index is 5.38. The Morgan fingerprint density at radius 3 is 1.65 bits per heavy atom. The molecule has 1 aliphatic carbocycles. The van der Waals surface area contributed by atoms with Crippen molar-refractivity contribution in [1.82, 2.24) is 15.0 Å². The number of benzene rings is 10. The van der Waals surface area contributed by atoms with Gasteiger partial charge in [-0.25, -0.2) is 15.0 Å². The molecular weight excluding hydrogens is 763 g/mol. The molecule has 10 aromatic carbocycles. The van der Waals surface area contributed by atoms with Gasteiger partial charge in [-0.05, 0) is 106 Å². The summed E-state index contributed by atoms with van der Waals surface area (Å²) in [4.78, 5) is 16.1. The first-order chi connectivity index (χ1) is 31.0. The predicted octanol–water partition coefficient (Wildman–Crippen LogP) is 15.6. The lowest BCUT2D eigenvalue weighted by Crippen LogP contribution is -2.17. The highest BCUT2D eigenvalue weighted by molar-refractivity contribution is 6.20. The summed E-state index contributed by atoms with van der Waals surface area (Å²) >= 11 is 0. The van der Waals surface area contributed by atoms with E-state index in [1.807, 2.05) is 0 Å². The third kappa shape index (κ3) is 6.07. The summed E-state index contributed by atoms with van der Waals surface area (Å²) in [6, 6.07) is 76.2. The maximum absolute atomic E-state index is 5.38. The Bertz CT molecular complexity index is 3600. The van der Waals surface area contributed by atoms with Crippen LogP contribution < -0.4 is 0 Å². The molecule has 0 fully saturated rings. The third-order valence-electron chi connectivity index (χ3n) is 13.1. The molecule has 0 spiro atoms. The largest absolute Gasteiger partial charge is 0.208 e. The highest BCUT2D eigenvalue weighted by Crippen LogP contribution is 2.52. The molecule has 0 unspecified atom stereocenters. The summed E-state index contributed by atoms with van der Waals surface area (Å²) in [6.07, 6.45) is 0. The molecule has 0 saturated carbocycles. The summed E-state index contributed by atoms with van der Waals surface area (Å²) in [5, 5.41) is 7.50. The lowest BCUT2D eigenvalue weighted by molar-refractivity contribution is 0.661. The van der Waals surface area contributed by atoms with Crippen molar-refractivity contribution in [2.45, 2.75) is 19.3 Å². The van der Waals surface area contributed by atoms with Gasteiger partial charge in [-0.2, -0.15) is 0 Å². The average Bonchev–Trinajstić information content (AvgIpc) is 3.59. The van der Waals surface area contributed by atoms with Crippen LogP contribution in [0.15, 0.2) is 212 Å². The van der Waals surface area contributed by atoms with Crippen LogP contribution in [-0.2, 0) is 5.41 Å². The van der Waals surface area contributed by atoms with Gasteiger partial charge in [-0.1, -0.05) is 208 Å². The van der Waals surface area contributed by atoms with Gasteiger partial charge in [-0.3, -0.25) is 0 Å². The Balaban J connectivity index is 1.03. The van der Waals surface area contributed by atoms with Crippen LogP contribution in [0.3, 0.4) is 0 Å². The number of nitrogens with zero attached hydrogens (tertiary/aromatic N) is 3. The molecule has 0 N–H and O–H groups in total. The molecule has 0 atom stereocenters. The molecule has 63 heavy (non-hydrogen) atoms. The third-order valence-corrected chi connectivity index (χ3v) is 13.1. The number of aromatic nitrogens is 3. The fourth-order valence-corrected chi connectivity index (χ4v) is 10.2. The highest BCUT2D eigenvalue weighted by atomic mass is 15.0. The normalized spacial score (nSPS) is 12.7. The lowest BCUT2D eigenvalue weighted by atomic mass is 9.80.